The van der Waals surface area contributed by atoms with E-state index in [9.17, 15) is 34.5 Å². The van der Waals surface area contributed by atoms with E-state index in [-0.39, 0.29) is 17.5 Å². The van der Waals surface area contributed by atoms with Crippen molar-refractivity contribution >= 4 is 23.5 Å². The molecule has 6 unspecified atom stereocenters. The van der Waals surface area contributed by atoms with Crippen LogP contribution < -0.4 is 0 Å². The van der Waals surface area contributed by atoms with Crippen LogP contribution in [0.2, 0.25) is 0 Å². The Morgan fingerprint density at radius 3 is 2.53 bits per heavy atom. The molecule has 1 aromatic rings. The summed E-state index contributed by atoms with van der Waals surface area (Å²) in [5.74, 6) is -6.07. The highest BCUT2D eigenvalue weighted by Crippen LogP contribution is 2.49. The molecule has 2 heterocycles. The average Bonchev–Trinajstić information content (AvgIpc) is 2.77. The molecule has 6 atom stereocenters. The minimum atomic E-state index is -2.38. The van der Waals surface area contributed by atoms with Crippen molar-refractivity contribution in [3.8, 4) is 5.75 Å². The zero-order chi connectivity index (χ0) is 24.9. The van der Waals surface area contributed by atoms with Crippen molar-refractivity contribution in [3.63, 3.8) is 0 Å². The van der Waals surface area contributed by atoms with Crippen LogP contribution in [-0.2, 0) is 28.5 Å². The van der Waals surface area contributed by atoms with Gasteiger partial charge in [0.1, 0.15) is 30.2 Å². The molecule has 3 aliphatic rings. The van der Waals surface area contributed by atoms with Crippen LogP contribution in [0.4, 0.5) is 0 Å². The van der Waals surface area contributed by atoms with Crippen molar-refractivity contribution in [2.24, 2.45) is 0 Å². The number of esters is 2. The van der Waals surface area contributed by atoms with Gasteiger partial charge in [0.05, 0.1) is 30.8 Å². The summed E-state index contributed by atoms with van der Waals surface area (Å²) >= 11 is 0. The second-order valence-corrected chi connectivity index (χ2v) is 8.45. The minimum absolute atomic E-state index is 0.0443. The van der Waals surface area contributed by atoms with Crippen molar-refractivity contribution in [1.82, 2.24) is 0 Å². The molecule has 0 amide bonds. The van der Waals surface area contributed by atoms with E-state index in [0.717, 1.165) is 14.0 Å². The molecule has 1 saturated heterocycles. The predicted molar refractivity (Wildman–Crippen MR) is 111 cm³/mol. The van der Waals surface area contributed by atoms with E-state index in [1.807, 2.05) is 0 Å². The Morgan fingerprint density at radius 2 is 1.88 bits per heavy atom. The highest BCUT2D eigenvalue weighted by atomic mass is 16.7. The van der Waals surface area contributed by atoms with Gasteiger partial charge in [-0.3, -0.25) is 19.2 Å². The number of aliphatic hydroxyl groups is 2. The van der Waals surface area contributed by atoms with Crippen molar-refractivity contribution in [3.05, 3.63) is 40.5 Å². The number of hydrogen-bond acceptors (Lipinski definition) is 11. The summed E-state index contributed by atoms with van der Waals surface area (Å²) in [6, 6.07) is 3.89. The largest absolute Gasteiger partial charge is 0.507 e. The topological polar surface area (TPSA) is 166 Å². The van der Waals surface area contributed by atoms with Gasteiger partial charge < -0.3 is 34.3 Å². The van der Waals surface area contributed by atoms with E-state index in [2.05, 4.69) is 4.74 Å². The third-order valence-electron chi connectivity index (χ3n) is 6.17. The van der Waals surface area contributed by atoms with Crippen LogP contribution in [0.25, 0.3) is 0 Å². The first-order valence-electron chi connectivity index (χ1n) is 10.6. The van der Waals surface area contributed by atoms with Gasteiger partial charge in [-0.1, -0.05) is 12.1 Å². The van der Waals surface area contributed by atoms with Gasteiger partial charge in [-0.2, -0.15) is 0 Å². The number of fused-ring (bicyclic) bond motifs is 2. The van der Waals surface area contributed by atoms with Crippen LogP contribution in [-0.4, -0.2) is 82.2 Å². The predicted octanol–water partition coefficient (Wildman–Crippen LogP) is 0.188. The fourth-order valence-corrected chi connectivity index (χ4v) is 4.78. The summed E-state index contributed by atoms with van der Waals surface area (Å²) in [4.78, 5) is 50.8. The molecule has 182 valence electrons. The molecule has 11 heteroatoms. The Hall–Kier alpha value is -3.12. The SMILES string of the molecule is COC(=O)CC1OC2(OC(C)CC(OC(C)=O)C2O)C2=C(C(=O)c3cccc(O)c3C2=O)C1O. The first-order valence-corrected chi connectivity index (χ1v) is 10.6. The molecule has 1 aromatic carbocycles. The summed E-state index contributed by atoms with van der Waals surface area (Å²) in [6.07, 6.45) is -7.45. The maximum absolute atomic E-state index is 13.7. The van der Waals surface area contributed by atoms with E-state index in [0.29, 0.717) is 0 Å². The van der Waals surface area contributed by atoms with Crippen molar-refractivity contribution in [2.75, 3.05) is 7.11 Å². The minimum Gasteiger partial charge on any atom is -0.507 e. The van der Waals surface area contributed by atoms with Crippen LogP contribution in [0.15, 0.2) is 29.3 Å². The van der Waals surface area contributed by atoms with Crippen LogP contribution in [0.5, 0.6) is 5.75 Å². The molecular formula is C23H24O11. The molecule has 34 heavy (non-hydrogen) atoms. The number of methoxy groups -OCH3 is 1. The Bertz CT molecular complexity index is 1110. The van der Waals surface area contributed by atoms with E-state index in [1.165, 1.54) is 18.2 Å². The molecule has 4 rings (SSSR count). The van der Waals surface area contributed by atoms with Gasteiger partial charge in [0.25, 0.3) is 0 Å². The first-order chi connectivity index (χ1) is 16.0. The normalized spacial score (nSPS) is 32.8. The Balaban J connectivity index is 1.95. The summed E-state index contributed by atoms with van der Waals surface area (Å²) in [5, 5.41) is 32.6. The molecule has 3 N–H and O–H groups in total. The summed E-state index contributed by atoms with van der Waals surface area (Å²) < 4.78 is 21.7. The number of carbonyl (C=O) groups is 4. The van der Waals surface area contributed by atoms with E-state index in [1.54, 1.807) is 6.92 Å². The van der Waals surface area contributed by atoms with Gasteiger partial charge in [-0.15, -0.1) is 0 Å². The highest BCUT2D eigenvalue weighted by molar-refractivity contribution is 6.29. The molecule has 0 aromatic heterocycles. The molecule has 1 spiro atoms. The second-order valence-electron chi connectivity index (χ2n) is 8.45. The third-order valence-corrected chi connectivity index (χ3v) is 6.17. The van der Waals surface area contributed by atoms with Gasteiger partial charge in [0.2, 0.25) is 5.79 Å². The fraction of sp³-hybridized carbons (Fsp3) is 0.478. The van der Waals surface area contributed by atoms with Crippen LogP contribution in [0, 0.1) is 0 Å². The number of hydrogen-bond donors (Lipinski definition) is 3. The number of phenols is 1. The van der Waals surface area contributed by atoms with Gasteiger partial charge in [-0.25, -0.2) is 0 Å². The lowest BCUT2D eigenvalue weighted by atomic mass is 9.72. The first kappa shape index (κ1) is 24.0. The Kier molecular flexibility index (Phi) is 6.06. The lowest BCUT2D eigenvalue weighted by Gasteiger charge is -2.52. The third kappa shape index (κ3) is 3.61. The van der Waals surface area contributed by atoms with E-state index < -0.39 is 83.1 Å². The van der Waals surface area contributed by atoms with Gasteiger partial charge in [0.15, 0.2) is 11.6 Å². The van der Waals surface area contributed by atoms with Crippen LogP contribution in [0.3, 0.4) is 0 Å². The molecule has 0 radical (unpaired) electrons. The molecular weight excluding hydrogens is 452 g/mol. The van der Waals surface area contributed by atoms with Crippen molar-refractivity contribution in [2.45, 2.75) is 63.0 Å². The smallest absolute Gasteiger partial charge is 0.308 e. The van der Waals surface area contributed by atoms with Gasteiger partial charge in [0, 0.05) is 24.5 Å². The lowest BCUT2D eigenvalue weighted by molar-refractivity contribution is -0.341. The van der Waals surface area contributed by atoms with Gasteiger partial charge in [-0.05, 0) is 13.0 Å². The number of aliphatic hydroxyl groups excluding tert-OH is 2. The zero-order valence-corrected chi connectivity index (χ0v) is 18.6. The summed E-state index contributed by atoms with van der Waals surface area (Å²) in [7, 11) is 1.12. The Labute approximate surface area is 193 Å². The average molecular weight is 476 g/mol. The monoisotopic (exact) mass is 476 g/mol. The molecule has 0 saturated carbocycles. The number of carbonyl (C=O) groups excluding carboxylic acids is 4. The van der Waals surface area contributed by atoms with Crippen molar-refractivity contribution < 1.29 is 53.4 Å². The molecule has 2 aliphatic heterocycles. The van der Waals surface area contributed by atoms with Crippen molar-refractivity contribution in [1.29, 1.82) is 0 Å². The standard InChI is InChI=1S/C23H24O11/c1-9-7-14(32-10(2)24)22(30)23(33-9)18-17(20(28)13(34-23)8-15(26)31-3)19(27)11-5-4-6-12(25)16(11)21(18)29/h4-6,9,13-14,20,22,25,28,30H,7-8H2,1-3H3. The Morgan fingerprint density at radius 1 is 1.18 bits per heavy atom. The number of phenolic OH excluding ortho intramolecular Hbond substituents is 1. The van der Waals surface area contributed by atoms with E-state index >= 15 is 0 Å². The number of ether oxygens (including phenoxy) is 4. The zero-order valence-electron chi connectivity index (χ0n) is 18.6. The summed E-state index contributed by atoms with van der Waals surface area (Å²) in [6.45, 7) is 2.72. The number of ketones is 2. The number of benzene rings is 1. The maximum atomic E-state index is 13.7. The van der Waals surface area contributed by atoms with Gasteiger partial charge >= 0.3 is 11.9 Å². The van der Waals surface area contributed by atoms with E-state index in [4.69, 9.17) is 14.2 Å². The number of aromatic hydroxyl groups is 1. The molecule has 1 fully saturated rings. The fourth-order valence-electron chi connectivity index (χ4n) is 4.78. The van der Waals surface area contributed by atoms with Crippen LogP contribution >= 0.6 is 0 Å². The lowest BCUT2D eigenvalue weighted by Crippen LogP contribution is -2.67. The molecule has 1 aliphatic carbocycles. The maximum Gasteiger partial charge on any atom is 0.308 e. The number of Topliss-reactive ketones (excluding diaryl/α,β-unsaturated/α-hetero) is 2. The number of rotatable bonds is 3. The highest BCUT2D eigenvalue weighted by Gasteiger charge is 2.63. The molecule has 0 bridgehead atoms. The second kappa shape index (κ2) is 8.58. The molecule has 11 nitrogen and oxygen atoms in total. The summed E-state index contributed by atoms with van der Waals surface area (Å²) in [5.41, 5.74) is -1.45. The van der Waals surface area contributed by atoms with Crippen LogP contribution in [0.1, 0.15) is 47.4 Å². The quantitative estimate of drug-likeness (QED) is 0.510.